The highest BCUT2D eigenvalue weighted by Crippen LogP contribution is 2.17. The molecule has 0 bridgehead atoms. The second-order valence-electron chi connectivity index (χ2n) is 4.07. The van der Waals surface area contributed by atoms with E-state index in [0.29, 0.717) is 12.4 Å². The van der Waals surface area contributed by atoms with Gasteiger partial charge in [0.2, 0.25) is 0 Å². The minimum absolute atomic E-state index is 0.137. The topological polar surface area (TPSA) is 71.5 Å². The van der Waals surface area contributed by atoms with Gasteiger partial charge < -0.3 is 15.2 Å². The number of nitrogens with zero attached hydrogens (tertiary/aromatic N) is 1. The maximum atomic E-state index is 12.1. The summed E-state index contributed by atoms with van der Waals surface area (Å²) >= 11 is 1.50. The standard InChI is InChI=1S/C14H16N2O3S/c1-2-19-12-4-3-6-15-13(12)14(18)16-8-11(17)10-5-7-20-9-10/h3-7,9,11,17H,2,8H2,1H3,(H,16,18). The predicted molar refractivity (Wildman–Crippen MR) is 77.0 cm³/mol. The number of hydrogen-bond donors (Lipinski definition) is 2. The Hall–Kier alpha value is -1.92. The Labute approximate surface area is 121 Å². The number of aromatic nitrogens is 1. The number of carbonyl (C=O) groups excluding carboxylic acids is 1. The van der Waals surface area contributed by atoms with Crippen molar-refractivity contribution in [3.05, 3.63) is 46.4 Å². The number of pyridine rings is 1. The minimum atomic E-state index is -0.718. The second-order valence-corrected chi connectivity index (χ2v) is 4.85. The lowest BCUT2D eigenvalue weighted by Gasteiger charge is -2.12. The van der Waals surface area contributed by atoms with Gasteiger partial charge in [-0.15, -0.1) is 0 Å². The third-order valence-corrected chi connectivity index (χ3v) is 3.37. The predicted octanol–water partition coefficient (Wildman–Crippen LogP) is 2.01. The number of aliphatic hydroxyl groups is 1. The average molecular weight is 292 g/mol. The molecular weight excluding hydrogens is 276 g/mol. The quantitative estimate of drug-likeness (QED) is 0.854. The second kappa shape index (κ2) is 7.02. The van der Waals surface area contributed by atoms with Crippen LogP contribution in [0.25, 0.3) is 0 Å². The summed E-state index contributed by atoms with van der Waals surface area (Å²) in [4.78, 5) is 16.1. The van der Waals surface area contributed by atoms with Crippen LogP contribution in [0.1, 0.15) is 29.1 Å². The largest absolute Gasteiger partial charge is 0.491 e. The number of ether oxygens (including phenoxy) is 1. The van der Waals surface area contributed by atoms with Crippen LogP contribution in [-0.4, -0.2) is 29.1 Å². The monoisotopic (exact) mass is 292 g/mol. The van der Waals surface area contributed by atoms with E-state index in [1.54, 1.807) is 12.1 Å². The third-order valence-electron chi connectivity index (χ3n) is 2.67. The minimum Gasteiger partial charge on any atom is -0.491 e. The molecule has 6 heteroatoms. The van der Waals surface area contributed by atoms with Gasteiger partial charge in [0, 0.05) is 12.7 Å². The van der Waals surface area contributed by atoms with E-state index in [1.807, 2.05) is 23.8 Å². The summed E-state index contributed by atoms with van der Waals surface area (Å²) in [5.74, 6) is 0.0841. The molecule has 20 heavy (non-hydrogen) atoms. The molecule has 0 saturated carbocycles. The lowest BCUT2D eigenvalue weighted by molar-refractivity contribution is 0.0907. The molecule has 2 heterocycles. The number of rotatable bonds is 6. The number of nitrogens with one attached hydrogen (secondary N) is 1. The van der Waals surface area contributed by atoms with E-state index in [4.69, 9.17) is 4.74 Å². The number of thiophene rings is 1. The lowest BCUT2D eigenvalue weighted by atomic mass is 10.2. The fraction of sp³-hybridized carbons (Fsp3) is 0.286. The van der Waals surface area contributed by atoms with Crippen LogP contribution in [0.15, 0.2) is 35.2 Å². The van der Waals surface area contributed by atoms with E-state index in [0.717, 1.165) is 5.56 Å². The molecule has 0 aliphatic carbocycles. The Balaban J connectivity index is 1.98. The summed E-state index contributed by atoms with van der Waals surface area (Å²) in [5, 5.41) is 16.3. The molecule has 2 N–H and O–H groups in total. The fourth-order valence-corrected chi connectivity index (χ4v) is 2.40. The van der Waals surface area contributed by atoms with E-state index < -0.39 is 6.10 Å². The molecule has 106 valence electrons. The van der Waals surface area contributed by atoms with E-state index >= 15 is 0 Å². The molecule has 0 radical (unpaired) electrons. The van der Waals surface area contributed by atoms with Crippen molar-refractivity contribution in [1.29, 1.82) is 0 Å². The zero-order chi connectivity index (χ0) is 14.4. The molecule has 0 aromatic carbocycles. The molecule has 2 rings (SSSR count). The first-order valence-electron chi connectivity index (χ1n) is 6.28. The van der Waals surface area contributed by atoms with Crippen molar-refractivity contribution in [2.75, 3.05) is 13.2 Å². The van der Waals surface area contributed by atoms with Gasteiger partial charge in [-0.2, -0.15) is 11.3 Å². The molecular formula is C14H16N2O3S. The van der Waals surface area contributed by atoms with E-state index in [2.05, 4.69) is 10.3 Å². The van der Waals surface area contributed by atoms with Gasteiger partial charge in [-0.25, -0.2) is 4.98 Å². The van der Waals surface area contributed by atoms with Crippen molar-refractivity contribution in [3.63, 3.8) is 0 Å². The van der Waals surface area contributed by atoms with Crippen molar-refractivity contribution in [2.45, 2.75) is 13.0 Å². The zero-order valence-corrected chi connectivity index (χ0v) is 11.9. The van der Waals surface area contributed by atoms with Crippen molar-refractivity contribution in [1.82, 2.24) is 10.3 Å². The van der Waals surface area contributed by atoms with Gasteiger partial charge in [0.25, 0.3) is 5.91 Å². The summed E-state index contributed by atoms with van der Waals surface area (Å²) < 4.78 is 5.35. The number of hydrogen-bond acceptors (Lipinski definition) is 5. The highest BCUT2D eigenvalue weighted by molar-refractivity contribution is 7.07. The van der Waals surface area contributed by atoms with Crippen LogP contribution in [0.2, 0.25) is 0 Å². The Morgan fingerprint density at radius 3 is 3.10 bits per heavy atom. The first kappa shape index (κ1) is 14.5. The molecule has 2 aromatic rings. The third kappa shape index (κ3) is 3.55. The first-order valence-corrected chi connectivity index (χ1v) is 7.22. The smallest absolute Gasteiger partial charge is 0.273 e. The molecule has 0 aliphatic rings. The van der Waals surface area contributed by atoms with Crippen LogP contribution < -0.4 is 10.1 Å². The van der Waals surface area contributed by atoms with Gasteiger partial charge in [0.15, 0.2) is 11.4 Å². The van der Waals surface area contributed by atoms with Crippen molar-refractivity contribution in [2.24, 2.45) is 0 Å². The van der Waals surface area contributed by atoms with Crippen molar-refractivity contribution in [3.8, 4) is 5.75 Å². The van der Waals surface area contributed by atoms with Crippen LogP contribution >= 0.6 is 11.3 Å². The van der Waals surface area contributed by atoms with Crippen molar-refractivity contribution < 1.29 is 14.6 Å². The molecule has 0 spiro atoms. The number of aliphatic hydroxyl groups excluding tert-OH is 1. The van der Waals surface area contributed by atoms with Crippen LogP contribution in [0.5, 0.6) is 5.75 Å². The molecule has 0 saturated heterocycles. The first-order chi connectivity index (χ1) is 9.72. The summed E-state index contributed by atoms with van der Waals surface area (Å²) in [6, 6.07) is 5.23. The molecule has 1 amide bonds. The Bertz CT molecular complexity index is 557. The van der Waals surface area contributed by atoms with Gasteiger partial charge in [-0.3, -0.25) is 4.79 Å². The zero-order valence-electron chi connectivity index (χ0n) is 11.1. The maximum Gasteiger partial charge on any atom is 0.273 e. The Morgan fingerprint density at radius 1 is 1.55 bits per heavy atom. The molecule has 5 nitrogen and oxygen atoms in total. The highest BCUT2D eigenvalue weighted by atomic mass is 32.1. The van der Waals surface area contributed by atoms with Crippen LogP contribution in [0.3, 0.4) is 0 Å². The molecule has 0 fully saturated rings. The molecule has 1 atom stereocenters. The van der Waals surface area contributed by atoms with Crippen molar-refractivity contribution >= 4 is 17.2 Å². The van der Waals surface area contributed by atoms with Gasteiger partial charge in [0.05, 0.1) is 12.7 Å². The number of carbonyl (C=O) groups is 1. The molecule has 2 aromatic heterocycles. The van der Waals surface area contributed by atoms with Gasteiger partial charge in [-0.05, 0) is 41.4 Å². The average Bonchev–Trinajstić information content (AvgIpc) is 2.99. The van der Waals surface area contributed by atoms with E-state index in [1.165, 1.54) is 17.5 Å². The van der Waals surface area contributed by atoms with E-state index in [9.17, 15) is 9.90 Å². The lowest BCUT2D eigenvalue weighted by Crippen LogP contribution is -2.29. The summed E-state index contributed by atoms with van der Waals surface area (Å²) in [6.45, 7) is 2.44. The SMILES string of the molecule is CCOc1cccnc1C(=O)NCC(O)c1ccsc1. The van der Waals surface area contributed by atoms with Crippen LogP contribution in [0.4, 0.5) is 0 Å². The van der Waals surface area contributed by atoms with Gasteiger partial charge >= 0.3 is 0 Å². The number of amides is 1. The fourth-order valence-electron chi connectivity index (χ4n) is 1.69. The molecule has 1 unspecified atom stereocenters. The Morgan fingerprint density at radius 2 is 2.40 bits per heavy atom. The van der Waals surface area contributed by atoms with Crippen LogP contribution in [0, 0.1) is 0 Å². The van der Waals surface area contributed by atoms with E-state index in [-0.39, 0.29) is 18.1 Å². The highest BCUT2D eigenvalue weighted by Gasteiger charge is 2.15. The summed E-state index contributed by atoms with van der Waals surface area (Å²) in [5.41, 5.74) is 1.02. The maximum absolute atomic E-state index is 12.1. The van der Waals surface area contributed by atoms with Gasteiger partial charge in [0.1, 0.15) is 0 Å². The summed E-state index contributed by atoms with van der Waals surface area (Å²) in [7, 11) is 0. The normalized spacial score (nSPS) is 11.9. The Kier molecular flexibility index (Phi) is 5.09. The summed E-state index contributed by atoms with van der Waals surface area (Å²) in [6.07, 6.45) is 0.816. The van der Waals surface area contributed by atoms with Gasteiger partial charge in [-0.1, -0.05) is 0 Å². The molecule has 0 aliphatic heterocycles. The van der Waals surface area contributed by atoms with Crippen LogP contribution in [-0.2, 0) is 0 Å².